The number of hydrogen-bond donors (Lipinski definition) is 0. The van der Waals surface area contributed by atoms with E-state index >= 15 is 0 Å². The summed E-state index contributed by atoms with van der Waals surface area (Å²) in [5.74, 6) is 0.111. The molecule has 1 heterocycles. The van der Waals surface area contributed by atoms with E-state index in [1.807, 2.05) is 13.8 Å². The molecule has 0 amide bonds. The summed E-state index contributed by atoms with van der Waals surface area (Å²) in [5.41, 5.74) is 0. The van der Waals surface area contributed by atoms with Gasteiger partial charge in [-0.05, 0) is 26.7 Å². The lowest BCUT2D eigenvalue weighted by atomic mass is 9.92. The Hall–Kier alpha value is -0.410. The van der Waals surface area contributed by atoms with Crippen LogP contribution in [0.5, 0.6) is 0 Å². The summed E-state index contributed by atoms with van der Waals surface area (Å²) in [4.78, 5) is 12.1. The van der Waals surface area contributed by atoms with Crippen LogP contribution < -0.4 is 0 Å². The Morgan fingerprint density at radius 1 is 1.07 bits per heavy atom. The van der Waals surface area contributed by atoms with Crippen LogP contribution in [0.3, 0.4) is 0 Å². The fraction of sp³-hybridized carbons (Fsp3) is 0.917. The molecule has 2 fully saturated rings. The number of ether oxygens (including phenoxy) is 2. The van der Waals surface area contributed by atoms with Crippen molar-refractivity contribution in [1.82, 2.24) is 0 Å². The van der Waals surface area contributed by atoms with Crippen molar-refractivity contribution in [3.8, 4) is 0 Å². The number of hydrogen-bond acceptors (Lipinski definition) is 3. The standard InChI is InChI=1S/C12H20O3/c1-12(2)14-7-10(8-15-12)11(13)9-5-3-4-6-9/h9-10H,3-8H2,1-2H3. The molecular weight excluding hydrogens is 192 g/mol. The van der Waals surface area contributed by atoms with Gasteiger partial charge in [-0.3, -0.25) is 4.79 Å². The van der Waals surface area contributed by atoms with Crippen LogP contribution in [-0.2, 0) is 14.3 Å². The number of rotatable bonds is 2. The summed E-state index contributed by atoms with van der Waals surface area (Å²) in [6, 6.07) is 0. The molecule has 1 saturated carbocycles. The third kappa shape index (κ3) is 2.58. The highest BCUT2D eigenvalue weighted by Gasteiger charge is 2.35. The summed E-state index contributed by atoms with van der Waals surface area (Å²) >= 11 is 0. The van der Waals surface area contributed by atoms with Crippen LogP contribution in [0.15, 0.2) is 0 Å². The summed E-state index contributed by atoms with van der Waals surface area (Å²) in [5, 5.41) is 0. The van der Waals surface area contributed by atoms with Gasteiger partial charge in [-0.15, -0.1) is 0 Å². The second-order valence-corrected chi connectivity index (χ2v) is 5.10. The summed E-state index contributed by atoms with van der Waals surface area (Å²) < 4.78 is 11.0. The van der Waals surface area contributed by atoms with E-state index in [4.69, 9.17) is 9.47 Å². The van der Waals surface area contributed by atoms with E-state index in [1.54, 1.807) is 0 Å². The largest absolute Gasteiger partial charge is 0.350 e. The van der Waals surface area contributed by atoms with Crippen molar-refractivity contribution in [2.75, 3.05) is 13.2 Å². The normalized spacial score (nSPS) is 28.1. The molecule has 0 aromatic heterocycles. The zero-order valence-corrected chi connectivity index (χ0v) is 9.62. The molecule has 0 N–H and O–H groups in total. The van der Waals surface area contributed by atoms with Crippen LogP contribution in [-0.4, -0.2) is 24.8 Å². The van der Waals surface area contributed by atoms with Gasteiger partial charge >= 0.3 is 0 Å². The molecule has 1 saturated heterocycles. The predicted octanol–water partition coefficient (Wildman–Crippen LogP) is 2.14. The van der Waals surface area contributed by atoms with E-state index in [-0.39, 0.29) is 11.8 Å². The molecule has 0 unspecified atom stereocenters. The maximum Gasteiger partial charge on any atom is 0.162 e. The van der Waals surface area contributed by atoms with Gasteiger partial charge in [0, 0.05) is 5.92 Å². The minimum atomic E-state index is -0.507. The molecule has 0 aromatic carbocycles. The third-order valence-corrected chi connectivity index (χ3v) is 3.42. The first-order valence-corrected chi connectivity index (χ1v) is 5.90. The average molecular weight is 212 g/mol. The van der Waals surface area contributed by atoms with Gasteiger partial charge in [0.1, 0.15) is 5.78 Å². The molecule has 3 heteroatoms. The topological polar surface area (TPSA) is 35.5 Å². The predicted molar refractivity (Wildman–Crippen MR) is 56.4 cm³/mol. The van der Waals surface area contributed by atoms with Crippen molar-refractivity contribution in [3.05, 3.63) is 0 Å². The number of ketones is 1. The maximum atomic E-state index is 12.1. The molecule has 15 heavy (non-hydrogen) atoms. The van der Waals surface area contributed by atoms with Crippen LogP contribution in [0, 0.1) is 11.8 Å². The van der Waals surface area contributed by atoms with E-state index in [0.717, 1.165) is 12.8 Å². The Balaban J connectivity index is 1.87. The van der Waals surface area contributed by atoms with Gasteiger partial charge in [0.25, 0.3) is 0 Å². The van der Waals surface area contributed by atoms with Crippen molar-refractivity contribution in [2.24, 2.45) is 11.8 Å². The highest BCUT2D eigenvalue weighted by Crippen LogP contribution is 2.30. The Labute approximate surface area is 91.1 Å². The van der Waals surface area contributed by atoms with E-state index in [1.165, 1.54) is 12.8 Å². The Kier molecular flexibility index (Phi) is 3.12. The molecule has 0 radical (unpaired) electrons. The van der Waals surface area contributed by atoms with Gasteiger partial charge in [0.15, 0.2) is 5.79 Å². The number of carbonyl (C=O) groups is 1. The van der Waals surface area contributed by atoms with Crippen molar-refractivity contribution >= 4 is 5.78 Å². The lowest BCUT2D eigenvalue weighted by molar-refractivity contribution is -0.259. The average Bonchev–Trinajstić information content (AvgIpc) is 2.69. The number of Topliss-reactive ketones (excluding diaryl/α,β-unsaturated/α-hetero) is 1. The molecule has 86 valence electrons. The highest BCUT2D eigenvalue weighted by atomic mass is 16.7. The van der Waals surface area contributed by atoms with Crippen molar-refractivity contribution < 1.29 is 14.3 Å². The summed E-state index contributed by atoms with van der Waals surface area (Å²) in [6.07, 6.45) is 4.55. The fourth-order valence-electron chi connectivity index (χ4n) is 2.40. The molecule has 0 bridgehead atoms. The first kappa shape index (κ1) is 11.1. The molecule has 2 aliphatic rings. The van der Waals surface area contributed by atoms with Gasteiger partial charge in [0.2, 0.25) is 0 Å². The van der Waals surface area contributed by atoms with Crippen molar-refractivity contribution in [3.63, 3.8) is 0 Å². The first-order valence-electron chi connectivity index (χ1n) is 5.90. The smallest absolute Gasteiger partial charge is 0.162 e. The lowest BCUT2D eigenvalue weighted by Gasteiger charge is -2.35. The Morgan fingerprint density at radius 2 is 1.60 bits per heavy atom. The Bertz CT molecular complexity index is 231. The minimum absolute atomic E-state index is 0.0267. The van der Waals surface area contributed by atoms with Crippen LogP contribution in [0.2, 0.25) is 0 Å². The van der Waals surface area contributed by atoms with Gasteiger partial charge in [-0.25, -0.2) is 0 Å². The molecule has 2 rings (SSSR count). The van der Waals surface area contributed by atoms with E-state index in [0.29, 0.717) is 19.0 Å². The van der Waals surface area contributed by atoms with Crippen molar-refractivity contribution in [1.29, 1.82) is 0 Å². The maximum absolute atomic E-state index is 12.1. The highest BCUT2D eigenvalue weighted by molar-refractivity contribution is 5.84. The van der Waals surface area contributed by atoms with Crippen LogP contribution >= 0.6 is 0 Å². The second-order valence-electron chi connectivity index (χ2n) is 5.10. The monoisotopic (exact) mass is 212 g/mol. The van der Waals surface area contributed by atoms with Gasteiger partial charge < -0.3 is 9.47 Å². The van der Waals surface area contributed by atoms with Crippen LogP contribution in [0.1, 0.15) is 39.5 Å². The van der Waals surface area contributed by atoms with Crippen LogP contribution in [0.25, 0.3) is 0 Å². The van der Waals surface area contributed by atoms with Crippen LogP contribution in [0.4, 0.5) is 0 Å². The molecular formula is C12H20O3. The quantitative estimate of drug-likeness (QED) is 0.703. The van der Waals surface area contributed by atoms with E-state index in [9.17, 15) is 4.79 Å². The van der Waals surface area contributed by atoms with E-state index < -0.39 is 5.79 Å². The fourth-order valence-corrected chi connectivity index (χ4v) is 2.40. The SMILES string of the molecule is CC1(C)OCC(C(=O)C2CCCC2)CO1. The molecule has 3 nitrogen and oxygen atoms in total. The van der Waals surface area contributed by atoms with Crippen molar-refractivity contribution in [2.45, 2.75) is 45.3 Å². The van der Waals surface area contributed by atoms with Gasteiger partial charge in [-0.2, -0.15) is 0 Å². The third-order valence-electron chi connectivity index (χ3n) is 3.42. The Morgan fingerprint density at radius 3 is 2.13 bits per heavy atom. The number of carbonyl (C=O) groups excluding carboxylic acids is 1. The lowest BCUT2D eigenvalue weighted by Crippen LogP contribution is -2.43. The van der Waals surface area contributed by atoms with E-state index in [2.05, 4.69) is 0 Å². The molecule has 0 spiro atoms. The summed E-state index contributed by atoms with van der Waals surface area (Å²) in [6.45, 7) is 4.84. The zero-order chi connectivity index (χ0) is 10.9. The molecule has 1 aliphatic heterocycles. The molecule has 1 aliphatic carbocycles. The minimum Gasteiger partial charge on any atom is -0.350 e. The zero-order valence-electron chi connectivity index (χ0n) is 9.62. The molecule has 0 atom stereocenters. The molecule has 0 aromatic rings. The second kappa shape index (κ2) is 4.22. The van der Waals surface area contributed by atoms with Gasteiger partial charge in [-0.1, -0.05) is 12.8 Å². The van der Waals surface area contributed by atoms with Gasteiger partial charge in [0.05, 0.1) is 19.1 Å². The first-order chi connectivity index (χ1) is 7.08. The summed E-state index contributed by atoms with van der Waals surface area (Å²) in [7, 11) is 0.